The number of furan rings is 2. The molecule has 0 unspecified atom stereocenters. The van der Waals surface area contributed by atoms with E-state index in [0.29, 0.717) is 117 Å². The number of rotatable bonds is 19. The average Bonchev–Trinajstić information content (AvgIpc) is 1.59. The van der Waals surface area contributed by atoms with Crippen molar-refractivity contribution in [2.24, 2.45) is 0 Å². The van der Waals surface area contributed by atoms with E-state index in [1.165, 1.54) is 35.0 Å². The summed E-state index contributed by atoms with van der Waals surface area (Å²) in [5.74, 6) is 5.50. The van der Waals surface area contributed by atoms with Crippen LogP contribution in [-0.2, 0) is 0 Å². The summed E-state index contributed by atoms with van der Waals surface area (Å²) in [6, 6.07) is 111. The van der Waals surface area contributed by atoms with Crippen LogP contribution in [0.1, 0.15) is 0 Å². The standard InChI is InChI=1S/C33H19BN3O2S2.C27H15BN3O4.C21H15BN3O2.C19H13BN5O2/c38-34-39-21-15-12-19(13-16-21)31-35-32(20-14-17-28-25(18-20)22-6-1-3-9-26(22)40-28)37-33(36-31)24-8-5-11-29-30(24)23-7-2-4-10-27(23)41-29;32-28-35-27-30-25(19-11-5-9-17-15-7-1-3-13-21(15)33-23(17)19)29-26(31-27)20-12-6-10-18-16-8-2-4-14-22(16)34-24(18)20;26-22-27-21-24-19(16-11-5-2-6-12-16)23-20(25-21)18-14-8-7-13-17(18)15-9-3-1-4-10-15;26-20-27-19-24-17(13-5-2-1-3-6-13)23-18(25-19)15-9-7-14(8-10-15)16-21-11-4-12-22-16/h1-18,38H;1-14,32H;1-14,26H;1-12,26H. The fraction of sp³-hybridized carbons (Fsp3) is 0. The van der Waals surface area contributed by atoms with Gasteiger partial charge in [-0.05, 0) is 102 Å². The highest BCUT2D eigenvalue weighted by atomic mass is 32.1. The number of nitrogens with zero attached hydrogens (tertiary/aromatic N) is 14. The lowest BCUT2D eigenvalue weighted by molar-refractivity contribution is 0.429. The Labute approximate surface area is 751 Å². The van der Waals surface area contributed by atoms with E-state index in [2.05, 4.69) is 135 Å². The SMILES string of the molecule is O[B]Oc1ccc(-c2nc(-c3ccc4sc5ccccc5c4c3)nc(-c3cccc4sc5ccccc5c34)n2)cc1.O[B]Oc1nc(-c2cccc3c2oc2ccccc23)nc(-c2cccc3c2oc2ccccc23)n1.O[B]Oc1nc(-c2ccccc2)nc(-c2ccc(-c3ncccn3)cc2)n1.O[B]Oc1nc(-c2ccccc2)nc(-c2ccccc2-c2ccccc2)n1. The Morgan fingerprint density at radius 3 is 1.10 bits per heavy atom. The fourth-order valence-corrected chi connectivity index (χ4v) is 17.4. The van der Waals surface area contributed by atoms with Crippen molar-refractivity contribution in [3.8, 4) is 149 Å². The zero-order valence-corrected chi connectivity index (χ0v) is 69.7. The van der Waals surface area contributed by atoms with E-state index in [-0.39, 0.29) is 18.0 Å². The molecule has 0 spiro atoms. The maximum absolute atomic E-state index is 9.29. The Morgan fingerprint density at radius 2 is 0.562 bits per heavy atom. The third kappa shape index (κ3) is 17.2. The molecule has 0 aliphatic carbocycles. The molecule has 4 radical (unpaired) electrons. The van der Waals surface area contributed by atoms with E-state index in [0.717, 1.165) is 93.7 Å². The predicted molar refractivity (Wildman–Crippen MR) is 509 cm³/mol. The van der Waals surface area contributed by atoms with Crippen molar-refractivity contribution in [2.45, 2.75) is 0 Å². The van der Waals surface area contributed by atoms with E-state index in [4.69, 9.17) is 62.5 Å². The summed E-state index contributed by atoms with van der Waals surface area (Å²) in [6.45, 7) is 0. The Morgan fingerprint density at radius 1 is 0.223 bits per heavy atom. The first kappa shape index (κ1) is 81.9. The van der Waals surface area contributed by atoms with Gasteiger partial charge in [-0.25, -0.2) is 39.9 Å². The topological polar surface area (TPSA) is 325 Å². The van der Waals surface area contributed by atoms with Gasteiger partial charge in [0.25, 0.3) is 0 Å². The molecule has 9 heterocycles. The van der Waals surface area contributed by atoms with Crippen LogP contribution in [0.3, 0.4) is 0 Å². The molecule has 616 valence electrons. The minimum absolute atomic E-state index is 0.0109. The number of hydrogen-bond donors (Lipinski definition) is 4. The molecule has 0 aliphatic heterocycles. The first-order valence-corrected chi connectivity index (χ1v) is 42.3. The molecule has 23 aromatic rings. The number of fused-ring (bicyclic) bond motifs is 12. The summed E-state index contributed by atoms with van der Waals surface area (Å²) in [4.78, 5) is 63.5. The van der Waals surface area contributed by atoms with Crippen molar-refractivity contribution in [3.63, 3.8) is 0 Å². The van der Waals surface area contributed by atoms with Gasteiger partial charge < -0.3 is 47.5 Å². The quantitative estimate of drug-likeness (QED) is 0.0546. The Hall–Kier alpha value is -16.5. The largest absolute Gasteiger partial charge is 0.571 e. The molecule has 30 heteroatoms. The number of benzene rings is 14. The van der Waals surface area contributed by atoms with Crippen molar-refractivity contribution in [1.82, 2.24) is 69.8 Å². The van der Waals surface area contributed by atoms with Crippen molar-refractivity contribution < 1.29 is 47.5 Å². The highest BCUT2D eigenvalue weighted by molar-refractivity contribution is 7.26. The lowest BCUT2D eigenvalue weighted by Gasteiger charge is -2.11. The molecule has 0 aliphatic rings. The Balaban J connectivity index is 0.000000110. The second kappa shape index (κ2) is 37.4. The van der Waals surface area contributed by atoms with Gasteiger partial charge in [0.05, 0.1) is 11.1 Å². The van der Waals surface area contributed by atoms with Crippen LogP contribution in [-0.4, -0.2) is 121 Å². The van der Waals surface area contributed by atoms with Crippen LogP contribution < -0.4 is 18.6 Å². The molecule has 23 rings (SSSR count). The second-order valence-corrected chi connectivity index (χ2v) is 31.1. The van der Waals surface area contributed by atoms with Crippen molar-refractivity contribution >= 4 is 138 Å². The molecule has 0 bridgehead atoms. The van der Waals surface area contributed by atoms with E-state index in [1.807, 2.05) is 237 Å². The molecule has 0 fully saturated rings. The zero-order valence-electron chi connectivity index (χ0n) is 68.1. The van der Waals surface area contributed by atoms with Crippen LogP contribution in [0.2, 0.25) is 0 Å². The number of thiophene rings is 2. The molecular weight excluding hydrogens is 1660 g/mol. The molecule has 4 N–H and O–H groups in total. The molecule has 0 amide bonds. The lowest BCUT2D eigenvalue weighted by atomic mass is 9.99. The number of aromatic nitrogens is 14. The zero-order chi connectivity index (χ0) is 87.6. The minimum atomic E-state index is -0.0475. The molecule has 9 aromatic heterocycles. The Kier molecular flexibility index (Phi) is 23.5. The van der Waals surface area contributed by atoms with Gasteiger partial charge in [-0.3, -0.25) is 0 Å². The third-order valence-corrected chi connectivity index (χ3v) is 23.4. The van der Waals surface area contributed by atoms with Gasteiger partial charge in [0.2, 0.25) is 0 Å². The summed E-state index contributed by atoms with van der Waals surface area (Å²) in [7, 11) is 2.33. The summed E-state index contributed by atoms with van der Waals surface area (Å²) in [5.41, 5.74) is 13.2. The molecule has 130 heavy (non-hydrogen) atoms. The van der Waals surface area contributed by atoms with E-state index in [1.54, 1.807) is 53.3 Å². The van der Waals surface area contributed by atoms with Crippen molar-refractivity contribution in [2.75, 3.05) is 0 Å². The van der Waals surface area contributed by atoms with E-state index in [9.17, 15) is 5.02 Å². The van der Waals surface area contributed by atoms with Crippen LogP contribution in [0.5, 0.6) is 23.8 Å². The van der Waals surface area contributed by atoms with Gasteiger partial charge in [-0.1, -0.05) is 249 Å². The van der Waals surface area contributed by atoms with Gasteiger partial charge in [0, 0.05) is 119 Å². The molecular formula is C100H62B4N14O10S2. The van der Waals surface area contributed by atoms with Crippen LogP contribution in [0.25, 0.3) is 209 Å². The monoisotopic (exact) mass is 1730 g/mol. The summed E-state index contributed by atoms with van der Waals surface area (Å²) < 4.78 is 37.6. The van der Waals surface area contributed by atoms with Gasteiger partial charge >= 0.3 is 48.8 Å². The maximum Gasteiger partial charge on any atom is 0.571 e. The third-order valence-electron chi connectivity index (χ3n) is 21.1. The van der Waals surface area contributed by atoms with Crippen LogP contribution in [0.15, 0.2) is 361 Å². The predicted octanol–water partition coefficient (Wildman–Crippen LogP) is 20.8. The van der Waals surface area contributed by atoms with Gasteiger partial charge in [0.1, 0.15) is 28.1 Å². The minimum Gasteiger partial charge on any atom is -0.537 e. The van der Waals surface area contributed by atoms with Crippen LogP contribution in [0.4, 0.5) is 0 Å². The maximum atomic E-state index is 9.29. The summed E-state index contributed by atoms with van der Waals surface area (Å²) in [6.07, 6.45) is 3.40. The normalized spacial score (nSPS) is 11.1. The lowest BCUT2D eigenvalue weighted by Crippen LogP contribution is -2.07. The fourth-order valence-electron chi connectivity index (χ4n) is 15.2. The smallest absolute Gasteiger partial charge is 0.537 e. The van der Waals surface area contributed by atoms with Gasteiger partial charge in [0.15, 0.2) is 58.2 Å². The van der Waals surface area contributed by atoms with Crippen LogP contribution >= 0.6 is 22.7 Å². The number of hydrogen-bond acceptors (Lipinski definition) is 26. The average molecular weight is 1730 g/mol. The van der Waals surface area contributed by atoms with Crippen LogP contribution in [0, 0.1) is 0 Å². The summed E-state index contributed by atoms with van der Waals surface area (Å²) in [5, 5.41) is 45.0. The molecule has 14 aromatic carbocycles. The first-order valence-electron chi connectivity index (χ1n) is 40.7. The number of para-hydroxylation sites is 4. The van der Waals surface area contributed by atoms with E-state index >= 15 is 0 Å². The van der Waals surface area contributed by atoms with Gasteiger partial charge in [-0.15, -0.1) is 22.7 Å². The molecule has 0 saturated heterocycles. The summed E-state index contributed by atoms with van der Waals surface area (Å²) >= 11 is 3.56. The van der Waals surface area contributed by atoms with E-state index < -0.39 is 0 Å². The molecule has 24 nitrogen and oxygen atoms in total. The van der Waals surface area contributed by atoms with Crippen molar-refractivity contribution in [3.05, 3.63) is 352 Å². The van der Waals surface area contributed by atoms with Gasteiger partial charge in [-0.2, -0.15) is 29.9 Å². The first-order chi connectivity index (χ1) is 64.2. The highest BCUT2D eigenvalue weighted by Gasteiger charge is 2.24. The Bertz CT molecular complexity index is 7910. The molecule has 0 saturated carbocycles. The molecule has 0 atom stereocenters. The van der Waals surface area contributed by atoms with Crippen molar-refractivity contribution in [1.29, 1.82) is 0 Å². The highest BCUT2D eigenvalue weighted by Crippen LogP contribution is 2.44. The second-order valence-electron chi connectivity index (χ2n) is 29.0.